The van der Waals surface area contributed by atoms with Crippen LogP contribution in [0.1, 0.15) is 21.6 Å². The van der Waals surface area contributed by atoms with Crippen molar-refractivity contribution < 1.29 is 9.90 Å². The summed E-state index contributed by atoms with van der Waals surface area (Å²) in [5.41, 5.74) is 3.19. The van der Waals surface area contributed by atoms with E-state index in [2.05, 4.69) is 15.1 Å². The Kier molecular flexibility index (Phi) is 2.71. The molecule has 20 heavy (non-hydrogen) atoms. The predicted octanol–water partition coefficient (Wildman–Crippen LogP) is 2.11. The lowest BCUT2D eigenvalue weighted by Crippen LogP contribution is -2.02. The average molecular weight is 268 g/mol. The quantitative estimate of drug-likeness (QED) is 0.769. The van der Waals surface area contributed by atoms with Crippen molar-refractivity contribution in [3.8, 4) is 11.4 Å². The number of carboxylic acid groups (broad SMARTS) is 1. The van der Waals surface area contributed by atoms with Crippen LogP contribution in [0.4, 0.5) is 0 Å². The molecule has 1 N–H and O–H groups in total. The Labute approximate surface area is 114 Å². The Bertz CT molecular complexity index is 823. The maximum absolute atomic E-state index is 10.9. The third kappa shape index (κ3) is 2.01. The van der Waals surface area contributed by atoms with E-state index in [1.165, 1.54) is 16.1 Å². The van der Waals surface area contributed by atoms with Gasteiger partial charge in [-0.3, -0.25) is 0 Å². The van der Waals surface area contributed by atoms with Crippen molar-refractivity contribution in [2.45, 2.75) is 13.8 Å². The summed E-state index contributed by atoms with van der Waals surface area (Å²) in [6.45, 7) is 4.06. The second kappa shape index (κ2) is 4.41. The lowest BCUT2D eigenvalue weighted by atomic mass is 10.1. The Balaban J connectivity index is 2.12. The van der Waals surface area contributed by atoms with Crippen LogP contribution in [0.5, 0.6) is 0 Å². The van der Waals surface area contributed by atoms with Crippen molar-refractivity contribution in [2.75, 3.05) is 0 Å². The number of nitrogens with zero attached hydrogens (tertiary/aromatic N) is 4. The smallest absolute Gasteiger partial charge is 0.354 e. The molecule has 2 heterocycles. The van der Waals surface area contributed by atoms with E-state index in [0.717, 1.165) is 11.1 Å². The van der Waals surface area contributed by atoms with Gasteiger partial charge in [-0.15, -0.1) is 5.10 Å². The minimum atomic E-state index is -1.08. The Morgan fingerprint density at radius 1 is 1.15 bits per heavy atom. The highest BCUT2D eigenvalue weighted by molar-refractivity contribution is 5.85. The van der Waals surface area contributed by atoms with Gasteiger partial charge < -0.3 is 5.11 Å². The molecule has 3 aromatic rings. The highest BCUT2D eigenvalue weighted by Crippen LogP contribution is 2.19. The molecule has 0 radical (unpaired) electrons. The Hall–Kier alpha value is -2.76. The topological polar surface area (TPSA) is 80.4 Å². The van der Waals surface area contributed by atoms with E-state index in [9.17, 15) is 4.79 Å². The molecule has 6 nitrogen and oxygen atoms in total. The van der Waals surface area contributed by atoms with Crippen LogP contribution in [0.15, 0.2) is 30.5 Å². The van der Waals surface area contributed by atoms with Crippen LogP contribution in [0.3, 0.4) is 0 Å². The molecule has 0 spiro atoms. The van der Waals surface area contributed by atoms with Gasteiger partial charge in [0.2, 0.25) is 0 Å². The number of fused-ring (bicyclic) bond motifs is 1. The highest BCUT2D eigenvalue weighted by Gasteiger charge is 2.11. The first-order chi connectivity index (χ1) is 9.54. The zero-order chi connectivity index (χ0) is 14.3. The summed E-state index contributed by atoms with van der Waals surface area (Å²) in [5, 5.41) is 13.2. The zero-order valence-electron chi connectivity index (χ0n) is 11.0. The van der Waals surface area contributed by atoms with E-state index >= 15 is 0 Å². The molecule has 0 aliphatic carbocycles. The van der Waals surface area contributed by atoms with Gasteiger partial charge in [0, 0.05) is 11.8 Å². The van der Waals surface area contributed by atoms with Gasteiger partial charge in [0.1, 0.15) is 0 Å². The Morgan fingerprint density at radius 2 is 1.95 bits per heavy atom. The fourth-order valence-electron chi connectivity index (χ4n) is 1.90. The van der Waals surface area contributed by atoms with Crippen molar-refractivity contribution in [1.82, 2.24) is 19.6 Å². The van der Waals surface area contributed by atoms with Crippen molar-refractivity contribution in [1.29, 1.82) is 0 Å². The summed E-state index contributed by atoms with van der Waals surface area (Å²) in [6, 6.07) is 7.35. The molecule has 0 saturated heterocycles. The van der Waals surface area contributed by atoms with Gasteiger partial charge in [0.15, 0.2) is 11.5 Å². The first-order valence-electron chi connectivity index (χ1n) is 6.09. The fourth-order valence-corrected chi connectivity index (χ4v) is 1.90. The largest absolute Gasteiger partial charge is 0.477 e. The minimum absolute atomic E-state index is 0.0449. The van der Waals surface area contributed by atoms with Crippen molar-refractivity contribution in [3.05, 3.63) is 47.3 Å². The van der Waals surface area contributed by atoms with Gasteiger partial charge in [-0.2, -0.15) is 4.98 Å². The maximum atomic E-state index is 10.9. The zero-order valence-corrected chi connectivity index (χ0v) is 11.0. The Morgan fingerprint density at radius 3 is 2.65 bits per heavy atom. The molecule has 0 fully saturated rings. The van der Waals surface area contributed by atoms with Crippen LogP contribution in [0.25, 0.3) is 17.2 Å². The van der Waals surface area contributed by atoms with E-state index in [1.54, 1.807) is 6.20 Å². The number of carboxylic acids is 1. The molecule has 0 aliphatic heterocycles. The second-order valence-corrected chi connectivity index (χ2v) is 4.60. The monoisotopic (exact) mass is 268 g/mol. The van der Waals surface area contributed by atoms with E-state index in [1.807, 2.05) is 32.0 Å². The van der Waals surface area contributed by atoms with Gasteiger partial charge in [0.25, 0.3) is 5.78 Å². The van der Waals surface area contributed by atoms with Crippen LogP contribution in [0, 0.1) is 13.8 Å². The minimum Gasteiger partial charge on any atom is -0.477 e. The van der Waals surface area contributed by atoms with Gasteiger partial charge in [-0.1, -0.05) is 12.1 Å². The third-order valence-electron chi connectivity index (χ3n) is 3.19. The summed E-state index contributed by atoms with van der Waals surface area (Å²) in [6.07, 6.45) is 1.54. The maximum Gasteiger partial charge on any atom is 0.354 e. The van der Waals surface area contributed by atoms with Gasteiger partial charge in [0.05, 0.1) is 0 Å². The lowest BCUT2D eigenvalue weighted by Gasteiger charge is -2.00. The first-order valence-corrected chi connectivity index (χ1v) is 6.09. The summed E-state index contributed by atoms with van der Waals surface area (Å²) in [7, 11) is 0. The number of rotatable bonds is 2. The molecule has 0 unspecified atom stereocenters. The molecular weight excluding hydrogens is 256 g/mol. The molecule has 6 heteroatoms. The molecule has 1 aromatic carbocycles. The van der Waals surface area contributed by atoms with E-state index in [0.29, 0.717) is 5.82 Å². The number of hydrogen-bond donors (Lipinski definition) is 1. The number of aromatic nitrogens is 4. The van der Waals surface area contributed by atoms with Crippen molar-refractivity contribution in [3.63, 3.8) is 0 Å². The molecule has 0 amide bonds. The number of aryl methyl sites for hydroxylation is 2. The first kappa shape index (κ1) is 12.3. The number of aromatic carboxylic acids is 1. The van der Waals surface area contributed by atoms with Crippen LogP contribution < -0.4 is 0 Å². The van der Waals surface area contributed by atoms with E-state index in [-0.39, 0.29) is 11.5 Å². The molecule has 2 aromatic heterocycles. The van der Waals surface area contributed by atoms with Crippen molar-refractivity contribution >= 4 is 11.7 Å². The van der Waals surface area contributed by atoms with Crippen LogP contribution in [-0.4, -0.2) is 30.7 Å². The number of carbonyl (C=O) groups is 1. The third-order valence-corrected chi connectivity index (χ3v) is 3.19. The number of benzene rings is 1. The molecule has 100 valence electrons. The van der Waals surface area contributed by atoms with E-state index in [4.69, 9.17) is 5.11 Å². The van der Waals surface area contributed by atoms with Crippen LogP contribution >= 0.6 is 0 Å². The number of hydrogen-bond acceptors (Lipinski definition) is 4. The summed E-state index contributed by atoms with van der Waals surface area (Å²) in [4.78, 5) is 19.1. The molecule has 3 rings (SSSR count). The highest BCUT2D eigenvalue weighted by atomic mass is 16.4. The SMILES string of the molecule is Cc1ccc(-c2nc3nc(C(=O)O)ccn3n2)cc1C. The van der Waals surface area contributed by atoms with Gasteiger partial charge in [-0.05, 0) is 37.1 Å². The summed E-state index contributed by atoms with van der Waals surface area (Å²) in [5.74, 6) is -0.274. The van der Waals surface area contributed by atoms with Crippen LogP contribution in [0.2, 0.25) is 0 Å². The molecule has 0 atom stereocenters. The molecule has 0 saturated carbocycles. The average Bonchev–Trinajstić information content (AvgIpc) is 2.84. The van der Waals surface area contributed by atoms with E-state index < -0.39 is 5.97 Å². The summed E-state index contributed by atoms with van der Waals surface area (Å²) >= 11 is 0. The molecular formula is C14H12N4O2. The normalized spacial score (nSPS) is 10.9. The molecule has 0 aliphatic rings. The lowest BCUT2D eigenvalue weighted by molar-refractivity contribution is 0.0690. The molecule has 0 bridgehead atoms. The summed E-state index contributed by atoms with van der Waals surface area (Å²) < 4.78 is 1.47. The van der Waals surface area contributed by atoms with Gasteiger partial charge in [-0.25, -0.2) is 14.3 Å². The van der Waals surface area contributed by atoms with Gasteiger partial charge >= 0.3 is 5.97 Å². The van der Waals surface area contributed by atoms with Crippen LogP contribution in [-0.2, 0) is 0 Å². The fraction of sp³-hybridized carbons (Fsp3) is 0.143. The standard InChI is InChI=1S/C14H12N4O2/c1-8-3-4-10(7-9(8)2)12-16-14-15-11(13(19)20)5-6-18(14)17-12/h3-7H,1-2H3,(H,19,20). The van der Waals surface area contributed by atoms with Crippen molar-refractivity contribution in [2.24, 2.45) is 0 Å². The second-order valence-electron chi connectivity index (χ2n) is 4.60. The predicted molar refractivity (Wildman–Crippen MR) is 72.7 cm³/mol.